The van der Waals surface area contributed by atoms with Crippen LogP contribution in [0.1, 0.15) is 62.5 Å². The zero-order valence-electron chi connectivity index (χ0n) is 27.7. The molecule has 1 aromatic heterocycles. The van der Waals surface area contributed by atoms with E-state index in [4.69, 9.17) is 9.47 Å². The SMILES string of the molecule is CCNC(=O)C1CCCN1C(=O)COc1cc(C(=O)NC(CCC(=O)O)C(=O)N2CCN(C(=O)OCC)CC2)nc2cc(CC)ccc12. The molecule has 0 radical (unpaired) electrons. The van der Waals surface area contributed by atoms with Crippen molar-refractivity contribution in [2.75, 3.05) is 52.5 Å². The number of aliphatic carboxylic acids is 1. The van der Waals surface area contributed by atoms with Crippen LogP contribution in [-0.4, -0.2) is 125 Å². The number of ether oxygens (including phenoxy) is 2. The first-order chi connectivity index (χ1) is 23.1. The lowest BCUT2D eigenvalue weighted by Crippen LogP contribution is -2.56. The highest BCUT2D eigenvalue weighted by Crippen LogP contribution is 2.28. The summed E-state index contributed by atoms with van der Waals surface area (Å²) in [5.41, 5.74) is 1.31. The lowest BCUT2D eigenvalue weighted by Gasteiger charge is -2.35. The number of carbonyl (C=O) groups is 6. The van der Waals surface area contributed by atoms with Gasteiger partial charge in [-0.15, -0.1) is 0 Å². The molecule has 3 N–H and O–H groups in total. The molecule has 15 heteroatoms. The molecule has 2 saturated heterocycles. The molecule has 2 aliphatic heterocycles. The van der Waals surface area contributed by atoms with Gasteiger partial charge >= 0.3 is 12.1 Å². The number of carbonyl (C=O) groups excluding carboxylic acids is 5. The van der Waals surface area contributed by atoms with E-state index in [1.807, 2.05) is 26.0 Å². The van der Waals surface area contributed by atoms with Gasteiger partial charge in [0.15, 0.2) is 6.61 Å². The molecule has 0 bridgehead atoms. The number of fused-ring (bicyclic) bond motifs is 1. The second-order valence-electron chi connectivity index (χ2n) is 11.6. The molecule has 2 atom stereocenters. The fraction of sp³-hybridized carbons (Fsp3) is 0.545. The summed E-state index contributed by atoms with van der Waals surface area (Å²) in [5.74, 6) is -2.68. The second kappa shape index (κ2) is 16.7. The van der Waals surface area contributed by atoms with E-state index in [2.05, 4.69) is 15.6 Å². The van der Waals surface area contributed by atoms with Crippen molar-refractivity contribution in [1.29, 1.82) is 0 Å². The van der Waals surface area contributed by atoms with Crippen LogP contribution in [0, 0.1) is 0 Å². The number of benzene rings is 1. The maximum absolute atomic E-state index is 13.6. The minimum atomic E-state index is -1.17. The van der Waals surface area contributed by atoms with Crippen LogP contribution in [0.15, 0.2) is 24.3 Å². The van der Waals surface area contributed by atoms with Crippen molar-refractivity contribution in [2.24, 2.45) is 0 Å². The van der Waals surface area contributed by atoms with Gasteiger partial charge < -0.3 is 39.9 Å². The molecule has 2 unspecified atom stereocenters. The Bertz CT molecular complexity index is 1520. The van der Waals surface area contributed by atoms with E-state index in [9.17, 15) is 33.9 Å². The minimum absolute atomic E-state index is 0.0835. The third-order valence-corrected chi connectivity index (χ3v) is 8.42. The Labute approximate surface area is 278 Å². The molecule has 48 heavy (non-hydrogen) atoms. The summed E-state index contributed by atoms with van der Waals surface area (Å²) in [4.78, 5) is 85.4. The summed E-state index contributed by atoms with van der Waals surface area (Å²) in [6.45, 7) is 7.07. The fourth-order valence-electron chi connectivity index (χ4n) is 5.85. The second-order valence-corrected chi connectivity index (χ2v) is 11.6. The van der Waals surface area contributed by atoms with Gasteiger partial charge in [0.25, 0.3) is 11.8 Å². The van der Waals surface area contributed by atoms with Gasteiger partial charge in [-0.3, -0.25) is 24.0 Å². The van der Waals surface area contributed by atoms with Crippen LogP contribution in [0.5, 0.6) is 5.75 Å². The summed E-state index contributed by atoms with van der Waals surface area (Å²) in [5, 5.41) is 15.3. The van der Waals surface area contributed by atoms with Crippen LogP contribution < -0.4 is 15.4 Å². The summed E-state index contributed by atoms with van der Waals surface area (Å²) >= 11 is 0. The number of likely N-dealkylation sites (tertiary alicyclic amines) is 1. The highest BCUT2D eigenvalue weighted by Gasteiger charge is 2.34. The molecule has 0 aliphatic carbocycles. The molecule has 0 saturated carbocycles. The van der Waals surface area contributed by atoms with Gasteiger partial charge in [0.05, 0.1) is 12.1 Å². The molecule has 4 rings (SSSR count). The molecular weight excluding hydrogens is 624 g/mol. The van der Waals surface area contributed by atoms with Gasteiger partial charge in [-0.25, -0.2) is 9.78 Å². The van der Waals surface area contributed by atoms with Crippen LogP contribution in [0.25, 0.3) is 10.9 Å². The standard InChI is InChI=1S/C33H44N6O9/c1-4-21-9-10-22-24(18-21)35-25(19-27(22)48-20-28(40)39-13-7-8-26(39)31(44)34-5-2)30(43)36-23(11-12-29(41)42)32(45)37-14-16-38(17-15-37)33(46)47-6-3/h9-10,18-19,23,26H,4-8,11-17,20H2,1-3H3,(H,34,44)(H,36,43)(H,41,42). The van der Waals surface area contributed by atoms with Crippen molar-refractivity contribution in [3.8, 4) is 5.75 Å². The van der Waals surface area contributed by atoms with Crippen molar-refractivity contribution in [3.63, 3.8) is 0 Å². The van der Waals surface area contributed by atoms with Gasteiger partial charge in [0.2, 0.25) is 11.8 Å². The van der Waals surface area contributed by atoms with Gasteiger partial charge in [-0.2, -0.15) is 0 Å². The maximum Gasteiger partial charge on any atom is 0.409 e. The first kappa shape index (κ1) is 35.9. The molecule has 2 aliphatic rings. The Kier molecular flexibility index (Phi) is 12.5. The maximum atomic E-state index is 13.6. The van der Waals surface area contributed by atoms with E-state index in [0.29, 0.717) is 43.3 Å². The number of carboxylic acids is 1. The van der Waals surface area contributed by atoms with E-state index in [0.717, 1.165) is 5.56 Å². The Morgan fingerprint density at radius 2 is 1.73 bits per heavy atom. The first-order valence-corrected chi connectivity index (χ1v) is 16.4. The van der Waals surface area contributed by atoms with Gasteiger partial charge in [0, 0.05) is 57.1 Å². The van der Waals surface area contributed by atoms with E-state index in [1.165, 1.54) is 20.8 Å². The number of aryl methyl sites for hydroxylation is 1. The van der Waals surface area contributed by atoms with Crippen LogP contribution in [0.3, 0.4) is 0 Å². The quantitative estimate of drug-likeness (QED) is 0.283. The highest BCUT2D eigenvalue weighted by atomic mass is 16.6. The average molecular weight is 669 g/mol. The smallest absolute Gasteiger partial charge is 0.409 e. The monoisotopic (exact) mass is 668 g/mol. The largest absolute Gasteiger partial charge is 0.483 e. The van der Waals surface area contributed by atoms with Crippen LogP contribution in [0.4, 0.5) is 4.79 Å². The van der Waals surface area contributed by atoms with Crippen molar-refractivity contribution in [1.82, 2.24) is 30.3 Å². The first-order valence-electron chi connectivity index (χ1n) is 16.4. The molecule has 5 amide bonds. The van der Waals surface area contributed by atoms with Crippen molar-refractivity contribution in [2.45, 2.75) is 65.0 Å². The fourth-order valence-corrected chi connectivity index (χ4v) is 5.85. The number of carboxylic acid groups (broad SMARTS) is 1. The normalized spacial score (nSPS) is 16.7. The molecule has 15 nitrogen and oxygen atoms in total. The Balaban J connectivity index is 1.53. The average Bonchev–Trinajstić information content (AvgIpc) is 3.59. The molecular formula is C33H44N6O9. The molecule has 2 fully saturated rings. The third kappa shape index (κ3) is 8.89. The van der Waals surface area contributed by atoms with Gasteiger partial charge in [-0.05, 0) is 57.2 Å². The van der Waals surface area contributed by atoms with Crippen molar-refractivity contribution >= 4 is 46.6 Å². The van der Waals surface area contributed by atoms with Crippen molar-refractivity contribution < 1.29 is 43.3 Å². The lowest BCUT2D eigenvalue weighted by molar-refractivity contribution is -0.139. The van der Waals surface area contributed by atoms with Gasteiger partial charge in [-0.1, -0.05) is 13.0 Å². The number of amides is 5. The zero-order chi connectivity index (χ0) is 34.8. The molecule has 2 aromatic rings. The van der Waals surface area contributed by atoms with Gasteiger partial charge in [0.1, 0.15) is 23.5 Å². The zero-order valence-corrected chi connectivity index (χ0v) is 27.7. The Morgan fingerprint density at radius 1 is 1.00 bits per heavy atom. The summed E-state index contributed by atoms with van der Waals surface area (Å²) in [6, 6.07) is 5.14. The number of rotatable bonds is 13. The van der Waals surface area contributed by atoms with E-state index < -0.39 is 36.0 Å². The van der Waals surface area contributed by atoms with Crippen LogP contribution in [-0.2, 0) is 30.3 Å². The number of hydrogen-bond acceptors (Lipinski definition) is 9. The van der Waals surface area contributed by atoms with Crippen LogP contribution in [0.2, 0.25) is 0 Å². The number of aromatic nitrogens is 1. The number of pyridine rings is 1. The number of nitrogens with one attached hydrogen (secondary N) is 2. The number of nitrogens with zero attached hydrogens (tertiary/aromatic N) is 4. The summed E-state index contributed by atoms with van der Waals surface area (Å²) in [6.07, 6.45) is 0.951. The van der Waals surface area contributed by atoms with E-state index in [-0.39, 0.29) is 75.5 Å². The Hall–Kier alpha value is -4.95. The topological polar surface area (TPSA) is 188 Å². The molecule has 3 heterocycles. The predicted molar refractivity (Wildman–Crippen MR) is 173 cm³/mol. The molecule has 0 spiro atoms. The number of likely N-dealkylation sites (N-methyl/N-ethyl adjacent to an activating group) is 1. The number of piperazine rings is 1. The van der Waals surface area contributed by atoms with E-state index in [1.54, 1.807) is 13.0 Å². The lowest BCUT2D eigenvalue weighted by atomic mass is 10.1. The highest BCUT2D eigenvalue weighted by molar-refractivity contribution is 5.99. The molecule has 260 valence electrons. The van der Waals surface area contributed by atoms with Crippen LogP contribution >= 0.6 is 0 Å². The summed E-state index contributed by atoms with van der Waals surface area (Å²) in [7, 11) is 0. The third-order valence-electron chi connectivity index (χ3n) is 8.42. The minimum Gasteiger partial charge on any atom is -0.483 e. The number of hydrogen-bond donors (Lipinski definition) is 3. The summed E-state index contributed by atoms with van der Waals surface area (Å²) < 4.78 is 11.0. The molecule has 1 aromatic carbocycles. The Morgan fingerprint density at radius 3 is 2.40 bits per heavy atom. The predicted octanol–water partition coefficient (Wildman–Crippen LogP) is 1.57. The van der Waals surface area contributed by atoms with E-state index >= 15 is 0 Å². The van der Waals surface area contributed by atoms with Crippen molar-refractivity contribution in [3.05, 3.63) is 35.5 Å².